The molecule has 0 saturated heterocycles. The van der Waals surface area contributed by atoms with Gasteiger partial charge in [-0.2, -0.15) is 0 Å². The van der Waals surface area contributed by atoms with Gasteiger partial charge in [0.25, 0.3) is 0 Å². The highest BCUT2D eigenvalue weighted by Crippen LogP contribution is 2.31. The summed E-state index contributed by atoms with van der Waals surface area (Å²) in [7, 11) is 0. The topological polar surface area (TPSA) is 38.0 Å². The molecule has 0 aliphatic rings. The minimum atomic E-state index is 0.358. The number of hydrogen-bond donors (Lipinski definition) is 2. The van der Waals surface area contributed by atoms with E-state index in [4.69, 9.17) is 18.0 Å². The third-order valence-electron chi connectivity index (χ3n) is 2.45. The average molecular weight is 465 g/mol. The fourth-order valence-corrected chi connectivity index (χ4v) is 3.24. The molecular formula is C13H9Br3N2S. The minimum absolute atomic E-state index is 0.358. The van der Waals surface area contributed by atoms with E-state index in [2.05, 4.69) is 53.1 Å². The van der Waals surface area contributed by atoms with Crippen molar-refractivity contribution in [1.29, 1.82) is 0 Å². The summed E-state index contributed by atoms with van der Waals surface area (Å²) in [5.41, 5.74) is 8.38. The van der Waals surface area contributed by atoms with Crippen molar-refractivity contribution in [3.63, 3.8) is 0 Å². The van der Waals surface area contributed by atoms with E-state index in [1.807, 2.05) is 36.4 Å². The van der Waals surface area contributed by atoms with E-state index >= 15 is 0 Å². The van der Waals surface area contributed by atoms with Gasteiger partial charge in [-0.25, -0.2) is 0 Å². The van der Waals surface area contributed by atoms with Crippen LogP contribution in [0.5, 0.6) is 0 Å². The summed E-state index contributed by atoms with van der Waals surface area (Å²) in [5.74, 6) is 0. The van der Waals surface area contributed by atoms with Gasteiger partial charge in [0, 0.05) is 24.7 Å². The van der Waals surface area contributed by atoms with Crippen LogP contribution in [-0.2, 0) is 0 Å². The molecule has 19 heavy (non-hydrogen) atoms. The van der Waals surface area contributed by atoms with Crippen LogP contribution in [0.25, 0.3) is 0 Å². The molecule has 3 N–H and O–H groups in total. The van der Waals surface area contributed by atoms with Crippen molar-refractivity contribution < 1.29 is 0 Å². The molecule has 0 aliphatic carbocycles. The second-order valence-corrected chi connectivity index (χ2v) is 6.93. The fourth-order valence-electron chi connectivity index (χ4n) is 1.57. The highest BCUT2D eigenvalue weighted by Gasteiger charge is 2.08. The number of thiocarbonyl (C=S) groups is 1. The van der Waals surface area contributed by atoms with Crippen LogP contribution in [0.2, 0.25) is 0 Å². The molecule has 0 unspecified atom stereocenters. The first-order valence-electron chi connectivity index (χ1n) is 5.29. The lowest BCUT2D eigenvalue weighted by atomic mass is 10.1. The summed E-state index contributed by atoms with van der Waals surface area (Å²) >= 11 is 15.4. The Balaban J connectivity index is 2.40. The van der Waals surface area contributed by atoms with Gasteiger partial charge < -0.3 is 11.1 Å². The monoisotopic (exact) mass is 462 g/mol. The van der Waals surface area contributed by atoms with Gasteiger partial charge in [0.1, 0.15) is 4.99 Å². The molecular weight excluding hydrogens is 456 g/mol. The number of anilines is 2. The maximum atomic E-state index is 5.75. The molecule has 0 amide bonds. The largest absolute Gasteiger partial charge is 0.389 e. The van der Waals surface area contributed by atoms with Crippen molar-refractivity contribution in [2.45, 2.75) is 0 Å². The summed E-state index contributed by atoms with van der Waals surface area (Å²) in [5, 5.41) is 3.32. The normalized spacial score (nSPS) is 10.3. The van der Waals surface area contributed by atoms with Crippen molar-refractivity contribution in [2.24, 2.45) is 5.73 Å². The third kappa shape index (κ3) is 3.78. The van der Waals surface area contributed by atoms with Gasteiger partial charge in [-0.1, -0.05) is 44.1 Å². The van der Waals surface area contributed by atoms with E-state index < -0.39 is 0 Å². The van der Waals surface area contributed by atoms with E-state index in [1.165, 1.54) is 0 Å². The van der Waals surface area contributed by atoms with Crippen LogP contribution in [0.4, 0.5) is 11.4 Å². The third-order valence-corrected chi connectivity index (χ3v) is 4.31. The van der Waals surface area contributed by atoms with E-state index in [9.17, 15) is 0 Å². The molecule has 0 radical (unpaired) electrons. The van der Waals surface area contributed by atoms with E-state index in [0.717, 1.165) is 30.4 Å². The summed E-state index contributed by atoms with van der Waals surface area (Å²) < 4.78 is 2.91. The van der Waals surface area contributed by atoms with Gasteiger partial charge in [0.05, 0.1) is 5.69 Å². The van der Waals surface area contributed by atoms with Gasteiger partial charge in [0.2, 0.25) is 0 Å². The maximum absolute atomic E-state index is 5.75. The molecule has 2 aromatic carbocycles. The first-order chi connectivity index (χ1) is 8.97. The molecule has 98 valence electrons. The van der Waals surface area contributed by atoms with E-state index in [-0.39, 0.29) is 0 Å². The molecule has 0 bridgehead atoms. The van der Waals surface area contributed by atoms with Gasteiger partial charge in [-0.15, -0.1) is 0 Å². The van der Waals surface area contributed by atoms with Gasteiger partial charge >= 0.3 is 0 Å². The summed E-state index contributed by atoms with van der Waals surface area (Å²) in [4.78, 5) is 0.358. The molecule has 2 nitrogen and oxygen atoms in total. The number of nitrogens with two attached hydrogens (primary N) is 1. The SMILES string of the molecule is NC(=S)c1cc(Br)ccc1Nc1ccc(Br)cc1Br. The Morgan fingerprint density at radius 3 is 2.11 bits per heavy atom. The average Bonchev–Trinajstić information content (AvgIpc) is 2.34. The van der Waals surface area contributed by atoms with Crippen LogP contribution in [0.3, 0.4) is 0 Å². The summed E-state index contributed by atoms with van der Waals surface area (Å²) in [6, 6.07) is 11.7. The molecule has 0 spiro atoms. The van der Waals surface area contributed by atoms with Crippen LogP contribution < -0.4 is 11.1 Å². The van der Waals surface area contributed by atoms with Crippen LogP contribution in [0.15, 0.2) is 49.8 Å². The van der Waals surface area contributed by atoms with Gasteiger partial charge in [-0.05, 0) is 52.3 Å². The molecule has 0 heterocycles. The lowest BCUT2D eigenvalue weighted by Crippen LogP contribution is -2.12. The number of benzene rings is 2. The zero-order valence-electron chi connectivity index (χ0n) is 9.58. The fraction of sp³-hybridized carbons (Fsp3) is 0. The Bertz CT molecular complexity index is 644. The Kier molecular flexibility index (Phi) is 5.00. The quantitative estimate of drug-likeness (QED) is 0.601. The Labute approximate surface area is 142 Å². The minimum Gasteiger partial charge on any atom is -0.389 e. The maximum Gasteiger partial charge on any atom is 0.106 e. The molecule has 0 atom stereocenters. The van der Waals surface area contributed by atoms with E-state index in [0.29, 0.717) is 4.99 Å². The first kappa shape index (κ1) is 15.0. The van der Waals surface area contributed by atoms with Crippen molar-refractivity contribution in [3.8, 4) is 0 Å². The first-order valence-corrected chi connectivity index (χ1v) is 8.07. The zero-order valence-corrected chi connectivity index (χ0v) is 15.2. The number of halogens is 3. The molecule has 0 fully saturated rings. The number of nitrogens with one attached hydrogen (secondary N) is 1. The predicted octanol–water partition coefficient (Wildman–Crippen LogP) is 5.35. The van der Waals surface area contributed by atoms with E-state index in [1.54, 1.807) is 0 Å². The van der Waals surface area contributed by atoms with Crippen molar-refractivity contribution >= 4 is 76.4 Å². The summed E-state index contributed by atoms with van der Waals surface area (Å²) in [6.45, 7) is 0. The van der Waals surface area contributed by atoms with Crippen LogP contribution in [0.1, 0.15) is 5.56 Å². The zero-order chi connectivity index (χ0) is 14.0. The van der Waals surface area contributed by atoms with Crippen LogP contribution in [0, 0.1) is 0 Å². The second kappa shape index (κ2) is 6.35. The second-order valence-electron chi connectivity index (χ2n) is 3.80. The smallest absolute Gasteiger partial charge is 0.106 e. The molecule has 6 heteroatoms. The van der Waals surface area contributed by atoms with Gasteiger partial charge in [0.15, 0.2) is 0 Å². The molecule has 0 aliphatic heterocycles. The van der Waals surface area contributed by atoms with Gasteiger partial charge in [-0.3, -0.25) is 0 Å². The molecule has 0 saturated carbocycles. The predicted molar refractivity (Wildman–Crippen MR) is 95.2 cm³/mol. The van der Waals surface area contributed by atoms with Crippen molar-refractivity contribution in [2.75, 3.05) is 5.32 Å². The van der Waals surface area contributed by atoms with Crippen LogP contribution in [-0.4, -0.2) is 4.99 Å². The Hall–Kier alpha value is -0.430. The Morgan fingerprint density at radius 1 is 0.947 bits per heavy atom. The molecule has 0 aromatic heterocycles. The summed E-state index contributed by atoms with van der Waals surface area (Å²) in [6.07, 6.45) is 0. The highest BCUT2D eigenvalue weighted by molar-refractivity contribution is 9.11. The lowest BCUT2D eigenvalue weighted by molar-refractivity contribution is 1.48. The van der Waals surface area contributed by atoms with Crippen LogP contribution >= 0.6 is 60.0 Å². The molecule has 2 rings (SSSR count). The standard InChI is InChI=1S/C13H9Br3N2S/c14-7-1-3-11(9(5-7)13(17)19)18-12-4-2-8(15)6-10(12)16/h1-6,18H,(H2,17,19). The lowest BCUT2D eigenvalue weighted by Gasteiger charge is -2.13. The number of hydrogen-bond acceptors (Lipinski definition) is 2. The highest BCUT2D eigenvalue weighted by atomic mass is 79.9. The number of rotatable bonds is 3. The van der Waals surface area contributed by atoms with Crippen molar-refractivity contribution in [1.82, 2.24) is 0 Å². The molecule has 2 aromatic rings. The van der Waals surface area contributed by atoms with Crippen molar-refractivity contribution in [3.05, 3.63) is 55.4 Å². The Morgan fingerprint density at radius 2 is 1.53 bits per heavy atom.